The van der Waals surface area contributed by atoms with Crippen LogP contribution in [0.5, 0.6) is 0 Å². The van der Waals surface area contributed by atoms with Gasteiger partial charge in [0.05, 0.1) is 20.2 Å². The number of amides is 6. The van der Waals surface area contributed by atoms with Crippen molar-refractivity contribution in [3.63, 3.8) is 0 Å². The third-order valence-corrected chi connectivity index (χ3v) is 20.5. The number of esters is 4. The molecule has 22 nitrogen and oxygen atoms in total. The Morgan fingerprint density at radius 1 is 0.416 bits per heavy atom. The zero-order valence-corrected chi connectivity index (χ0v) is 55.6. The molecule has 0 saturated heterocycles. The first-order valence-corrected chi connectivity index (χ1v) is 33.3. The van der Waals surface area contributed by atoms with Gasteiger partial charge in [0.2, 0.25) is 10.8 Å². The summed E-state index contributed by atoms with van der Waals surface area (Å²) < 4.78 is 36.6. The number of hydrogen-bond acceptors (Lipinski definition) is 23. The smallest absolute Gasteiger partial charge is 0.424 e. The van der Waals surface area contributed by atoms with Crippen LogP contribution in [0.4, 0.5) is 14.6 Å². The van der Waals surface area contributed by atoms with Gasteiger partial charge in [-0.25, -0.2) is 19.6 Å². The second-order valence-corrected chi connectivity index (χ2v) is 26.2. The van der Waals surface area contributed by atoms with Crippen LogP contribution >= 0.6 is 34.0 Å². The summed E-state index contributed by atoms with van der Waals surface area (Å²) in [5, 5.41) is 21.0. The zero-order valence-electron chi connectivity index (χ0n) is 53.2. The summed E-state index contributed by atoms with van der Waals surface area (Å²) in [6, 6.07) is 55.3. The minimum atomic E-state index is -3.14. The second-order valence-electron chi connectivity index (χ2n) is 23.0. The molecule has 25 heteroatoms. The van der Waals surface area contributed by atoms with E-state index >= 15 is 24.0 Å². The number of benzene rings is 6. The highest BCUT2D eigenvalue weighted by atomic mass is 32.1. The Morgan fingerprint density at radius 2 is 0.752 bits per heavy atom. The molecule has 2 aliphatic carbocycles. The summed E-state index contributed by atoms with van der Waals surface area (Å²) in [5.41, 5.74) is -8.05. The molecular weight excluding hydrogens is 1350 g/mol. The number of nitrogens with zero attached hydrogens (tertiary/aromatic N) is 6. The molecule has 0 bridgehead atoms. The number of carbonyl (C=O) groups is 10. The second kappa shape index (κ2) is 28.0. The van der Waals surface area contributed by atoms with Gasteiger partial charge in [-0.15, -0.1) is 34.0 Å². The molecule has 498 valence electrons. The van der Waals surface area contributed by atoms with E-state index in [1.54, 1.807) is 194 Å². The first-order valence-electron chi connectivity index (χ1n) is 30.9. The minimum Gasteiger partial charge on any atom is -0.459 e. The topological polar surface area (TPSA) is 305 Å². The molecule has 0 unspecified atom stereocenters. The third-order valence-electron chi connectivity index (χ3n) is 16.9. The molecule has 9 aromatic rings. The van der Waals surface area contributed by atoms with Crippen molar-refractivity contribution in [3.8, 4) is 21.9 Å². The van der Waals surface area contributed by atoms with Gasteiger partial charge in [-0.05, 0) is 59.4 Å². The number of nitriles is 2. The van der Waals surface area contributed by atoms with Crippen molar-refractivity contribution in [3.05, 3.63) is 271 Å². The summed E-state index contributed by atoms with van der Waals surface area (Å²) in [5.74, 6) is -10.7. The number of aliphatic imine (C=N–C) groups is 2. The predicted molar refractivity (Wildman–Crippen MR) is 367 cm³/mol. The van der Waals surface area contributed by atoms with Gasteiger partial charge in [-0.1, -0.05) is 182 Å². The maximum atomic E-state index is 16.6. The highest BCUT2D eigenvalue weighted by Gasteiger charge is 2.69. The quantitative estimate of drug-likeness (QED) is 0.0333. The van der Waals surface area contributed by atoms with E-state index in [2.05, 4.69) is 4.99 Å². The van der Waals surface area contributed by atoms with Crippen LogP contribution in [0.15, 0.2) is 226 Å². The van der Waals surface area contributed by atoms with E-state index in [1.165, 1.54) is 26.0 Å². The van der Waals surface area contributed by atoms with Crippen molar-refractivity contribution in [2.45, 2.75) is 64.3 Å². The number of imide groups is 6. The molecule has 0 atom stereocenters. The summed E-state index contributed by atoms with van der Waals surface area (Å²) in [6.45, 7) is -0.277. The predicted octanol–water partition coefficient (Wildman–Crippen LogP) is 12.5. The molecule has 0 fully saturated rings. The number of carbonyl (C=O) groups excluding carboxylic acids is 10. The van der Waals surface area contributed by atoms with Crippen molar-refractivity contribution in [1.82, 2.24) is 9.80 Å². The van der Waals surface area contributed by atoms with Crippen molar-refractivity contribution >= 4 is 126 Å². The lowest BCUT2D eigenvalue weighted by molar-refractivity contribution is -0.167. The van der Waals surface area contributed by atoms with Crippen LogP contribution in [0.2, 0.25) is 0 Å². The largest absolute Gasteiger partial charge is 0.459 e. The molecule has 0 radical (unpaired) electrons. The lowest BCUT2D eigenvalue weighted by Crippen LogP contribution is -2.52. The number of rotatable bonds is 18. The normalized spacial score (nSPS) is 15.7. The number of ether oxygens (including phenoxy) is 6. The van der Waals surface area contributed by atoms with Crippen LogP contribution in [-0.2, 0) is 117 Å². The summed E-state index contributed by atoms with van der Waals surface area (Å²) >= 11 is 2.76. The van der Waals surface area contributed by atoms with Crippen LogP contribution in [0.1, 0.15) is 68.8 Å². The van der Waals surface area contributed by atoms with Crippen molar-refractivity contribution < 1.29 is 76.4 Å². The fraction of sp³-hybridized carbons (Fsp3) is 0.132. The summed E-state index contributed by atoms with van der Waals surface area (Å²) in [4.78, 5) is 161. The molecule has 3 aromatic heterocycles. The molecule has 5 heterocycles. The molecule has 0 saturated carbocycles. The fourth-order valence-corrected chi connectivity index (χ4v) is 16.1. The lowest BCUT2D eigenvalue weighted by Gasteiger charge is -2.33. The Balaban J connectivity index is 1.04. The van der Waals surface area contributed by atoms with Gasteiger partial charge in [0.15, 0.2) is 0 Å². The lowest BCUT2D eigenvalue weighted by atomic mass is 9.70. The minimum absolute atomic E-state index is 0.0115. The van der Waals surface area contributed by atoms with E-state index in [4.69, 9.17) is 33.4 Å². The molecule has 101 heavy (non-hydrogen) atoms. The Labute approximate surface area is 586 Å². The molecule has 0 N–H and O–H groups in total. The first-order chi connectivity index (χ1) is 49.0. The monoisotopic (exact) mass is 1400 g/mol. The van der Waals surface area contributed by atoms with Crippen LogP contribution in [0.3, 0.4) is 0 Å². The molecule has 13 rings (SSSR count). The Kier molecular flexibility index (Phi) is 18.6. The molecule has 0 spiro atoms. The van der Waals surface area contributed by atoms with E-state index < -0.39 is 143 Å². The van der Waals surface area contributed by atoms with E-state index in [0.717, 1.165) is 34.0 Å². The fourth-order valence-electron chi connectivity index (χ4n) is 11.9. The average Bonchev–Trinajstić information content (AvgIpc) is 1.49. The van der Waals surface area contributed by atoms with Gasteiger partial charge >= 0.3 is 36.1 Å². The highest BCUT2D eigenvalue weighted by Crippen LogP contribution is 2.66. The van der Waals surface area contributed by atoms with Gasteiger partial charge in [0, 0.05) is 37.4 Å². The van der Waals surface area contributed by atoms with Crippen LogP contribution < -0.4 is 0 Å². The van der Waals surface area contributed by atoms with E-state index in [-0.39, 0.29) is 57.4 Å². The first kappa shape index (κ1) is 66.9. The third kappa shape index (κ3) is 12.1. The number of fused-ring (bicyclic) bond motifs is 7. The zero-order chi connectivity index (χ0) is 70.7. The van der Waals surface area contributed by atoms with E-state index in [9.17, 15) is 34.5 Å². The highest BCUT2D eigenvalue weighted by molar-refractivity contribution is 7.33. The maximum absolute atomic E-state index is 16.6. The number of hydrogen-bond donors (Lipinski definition) is 0. The SMILES string of the molecule is CC1=C(C#N)C(=O)N(C(=O)OCc2ccccc2)C(=O)/C1=N/C1=Cc2sc3c(c2C1(C(=O)OCc1ccccc1)C(=O)OCc1ccccc1)C(C(=O)OCc1ccccc1)(C(=O)OCc1ccccc1)c1c-3sc2cc(/N=C3/C(=O)N(C(=O)OCc4ccccc4)C(=O)C(C#N)=C3C)sc12. The Hall–Kier alpha value is -12.7. The van der Waals surface area contributed by atoms with Crippen molar-refractivity contribution in [2.75, 3.05) is 0 Å². The van der Waals surface area contributed by atoms with Gasteiger partial charge in [-0.3, -0.25) is 38.4 Å². The molecule has 6 aromatic carbocycles. The van der Waals surface area contributed by atoms with Gasteiger partial charge in [-0.2, -0.15) is 20.3 Å². The van der Waals surface area contributed by atoms with Gasteiger partial charge < -0.3 is 28.4 Å². The summed E-state index contributed by atoms with van der Waals surface area (Å²) in [7, 11) is 0. The maximum Gasteiger partial charge on any atom is 0.424 e. The van der Waals surface area contributed by atoms with Crippen LogP contribution in [0, 0.1) is 22.7 Å². The standard InChI is InChI=1S/C76H50N6O16S3/c1-43-51(35-77)65(83)81(73(91)97-41-49-29-17-7-18-30-49)67(85)60(43)79-55-33-53-57(75(55,69(87)93-37-45-21-9-3-10-22-45)70(88)94-38-46-23-11-4-12-24-46)58-63(99-53)64-59(76(58,71(89)95-39-47-25-13-5-14-26-47)72(90)96-40-48-27-15-6-16-28-48)62-54(100-64)34-56(101-62)80-61-44(2)52(36-78)66(84)82(68(61)86)74(92)98-42-50-31-19-8-20-32-50/h3-34H,37-42H2,1-2H3/b79-60+,80-61+. The summed E-state index contributed by atoms with van der Waals surface area (Å²) in [6.07, 6.45) is -1.64. The molecule has 2 aliphatic heterocycles. The van der Waals surface area contributed by atoms with Crippen LogP contribution in [0.25, 0.3) is 25.2 Å². The Bertz CT molecular complexity index is 5110. The van der Waals surface area contributed by atoms with Crippen molar-refractivity contribution in [1.29, 1.82) is 10.5 Å². The van der Waals surface area contributed by atoms with E-state index in [0.29, 0.717) is 38.1 Å². The Morgan fingerprint density at radius 3 is 1.12 bits per heavy atom. The van der Waals surface area contributed by atoms with Gasteiger partial charge in [0.1, 0.15) is 79.4 Å². The molecular formula is C76H50N6O16S3. The van der Waals surface area contributed by atoms with Crippen LogP contribution in [-0.4, -0.2) is 80.9 Å². The number of thiophene rings is 3. The molecule has 6 amide bonds. The molecule has 4 aliphatic rings. The average molecular weight is 1400 g/mol. The van der Waals surface area contributed by atoms with Gasteiger partial charge in [0.25, 0.3) is 23.6 Å². The van der Waals surface area contributed by atoms with Crippen molar-refractivity contribution in [2.24, 2.45) is 9.98 Å². The van der Waals surface area contributed by atoms with E-state index in [1.807, 2.05) is 0 Å².